The molecule has 2 aliphatic rings. The lowest BCUT2D eigenvalue weighted by atomic mass is 9.80. The van der Waals surface area contributed by atoms with Gasteiger partial charge in [0.05, 0.1) is 19.4 Å². The first-order valence-electron chi connectivity index (χ1n) is 9.09. The van der Waals surface area contributed by atoms with Crippen molar-refractivity contribution in [3.8, 4) is 0 Å². The molecule has 4 rings (SSSR count). The largest absolute Gasteiger partial charge is 0.379 e. The summed E-state index contributed by atoms with van der Waals surface area (Å²) < 4.78 is 6.03. The van der Waals surface area contributed by atoms with Crippen LogP contribution in [0.15, 0.2) is 30.7 Å². The maximum atomic E-state index is 6.03. The maximum Gasteiger partial charge on any atom is 0.147 e. The fourth-order valence-electron chi connectivity index (χ4n) is 4.13. The van der Waals surface area contributed by atoms with Crippen LogP contribution in [0, 0.1) is 12.3 Å². The van der Waals surface area contributed by atoms with Gasteiger partial charge in [-0.05, 0) is 38.4 Å². The smallest absolute Gasteiger partial charge is 0.147 e. The summed E-state index contributed by atoms with van der Waals surface area (Å²) >= 11 is 1.92. The Balaban J connectivity index is 1.48. The molecule has 6 heteroatoms. The number of piperidine rings is 1. The summed E-state index contributed by atoms with van der Waals surface area (Å²) in [7, 11) is 0. The molecule has 0 amide bonds. The van der Waals surface area contributed by atoms with Gasteiger partial charge in [-0.1, -0.05) is 0 Å². The van der Waals surface area contributed by atoms with Crippen molar-refractivity contribution in [2.45, 2.75) is 26.3 Å². The summed E-state index contributed by atoms with van der Waals surface area (Å²) in [5.74, 6) is 0.971. The van der Waals surface area contributed by atoms with Crippen LogP contribution in [-0.2, 0) is 11.3 Å². The van der Waals surface area contributed by atoms with Crippen molar-refractivity contribution in [1.82, 2.24) is 14.9 Å². The minimum Gasteiger partial charge on any atom is -0.379 e. The minimum atomic E-state index is 0.193. The van der Waals surface area contributed by atoms with E-state index in [-0.39, 0.29) is 5.41 Å². The van der Waals surface area contributed by atoms with Gasteiger partial charge in [0.15, 0.2) is 0 Å². The highest BCUT2D eigenvalue weighted by atomic mass is 32.1. The van der Waals surface area contributed by atoms with E-state index in [1.807, 2.05) is 17.5 Å². The van der Waals surface area contributed by atoms with Gasteiger partial charge in [-0.15, -0.1) is 11.3 Å². The number of rotatable bonds is 3. The van der Waals surface area contributed by atoms with E-state index in [1.54, 1.807) is 12.4 Å². The van der Waals surface area contributed by atoms with Crippen molar-refractivity contribution in [1.29, 1.82) is 0 Å². The van der Waals surface area contributed by atoms with Crippen molar-refractivity contribution in [3.63, 3.8) is 0 Å². The van der Waals surface area contributed by atoms with Gasteiger partial charge in [-0.3, -0.25) is 9.88 Å². The van der Waals surface area contributed by atoms with E-state index in [2.05, 4.69) is 38.8 Å². The normalized spacial score (nSPS) is 25.2. The van der Waals surface area contributed by atoms with E-state index in [9.17, 15) is 0 Å². The van der Waals surface area contributed by atoms with Crippen LogP contribution in [0.2, 0.25) is 0 Å². The molecule has 0 radical (unpaired) electrons. The molecule has 2 aromatic rings. The topological polar surface area (TPSA) is 41.5 Å². The summed E-state index contributed by atoms with van der Waals surface area (Å²) in [6, 6.07) is 4.50. The molecule has 0 N–H and O–H groups in total. The number of thiophene rings is 1. The van der Waals surface area contributed by atoms with Crippen molar-refractivity contribution in [2.24, 2.45) is 5.41 Å². The predicted molar refractivity (Wildman–Crippen MR) is 101 cm³/mol. The third kappa shape index (κ3) is 4.02. The fraction of sp³-hybridized carbons (Fsp3) is 0.579. The number of hydrogen-bond donors (Lipinski definition) is 0. The number of hydrogen-bond acceptors (Lipinski definition) is 6. The monoisotopic (exact) mass is 358 g/mol. The number of aromatic nitrogens is 2. The number of aryl methyl sites for hydroxylation is 1. The third-order valence-electron chi connectivity index (χ3n) is 5.23. The Morgan fingerprint density at radius 3 is 3.00 bits per heavy atom. The Labute approximate surface area is 153 Å². The molecule has 0 aromatic carbocycles. The van der Waals surface area contributed by atoms with Crippen molar-refractivity contribution >= 4 is 17.2 Å². The highest BCUT2D eigenvalue weighted by molar-refractivity contribution is 7.11. The number of likely N-dealkylation sites (tertiary alicyclic amines) is 1. The lowest BCUT2D eigenvalue weighted by Gasteiger charge is -2.43. The Kier molecular flexibility index (Phi) is 5.01. The van der Waals surface area contributed by atoms with Crippen LogP contribution in [0.25, 0.3) is 0 Å². The summed E-state index contributed by atoms with van der Waals surface area (Å²) in [6.07, 6.45) is 7.85. The molecule has 134 valence electrons. The van der Waals surface area contributed by atoms with Crippen molar-refractivity contribution in [3.05, 3.63) is 40.5 Å². The second-order valence-electron chi connectivity index (χ2n) is 7.36. The molecule has 25 heavy (non-hydrogen) atoms. The number of anilines is 1. The first kappa shape index (κ1) is 16.9. The molecule has 0 unspecified atom stereocenters. The van der Waals surface area contributed by atoms with Crippen LogP contribution in [-0.4, -0.2) is 54.3 Å². The van der Waals surface area contributed by atoms with E-state index in [0.717, 1.165) is 45.2 Å². The van der Waals surface area contributed by atoms with Gasteiger partial charge in [0.2, 0.25) is 0 Å². The second-order valence-corrected chi connectivity index (χ2v) is 8.74. The van der Waals surface area contributed by atoms with E-state index < -0.39 is 0 Å². The molecule has 2 aromatic heterocycles. The predicted octanol–water partition coefficient (Wildman–Crippen LogP) is 2.97. The molecule has 5 nitrogen and oxygen atoms in total. The van der Waals surface area contributed by atoms with Crippen LogP contribution < -0.4 is 4.90 Å². The molecular weight excluding hydrogens is 332 g/mol. The van der Waals surface area contributed by atoms with E-state index in [1.165, 1.54) is 29.1 Å². The molecule has 0 saturated carbocycles. The lowest BCUT2D eigenvalue weighted by molar-refractivity contribution is 0.0109. The first-order valence-corrected chi connectivity index (χ1v) is 9.91. The quantitative estimate of drug-likeness (QED) is 0.844. The maximum absolute atomic E-state index is 6.03. The van der Waals surface area contributed by atoms with Gasteiger partial charge in [0, 0.05) is 53.7 Å². The third-order valence-corrected chi connectivity index (χ3v) is 6.21. The van der Waals surface area contributed by atoms with Gasteiger partial charge >= 0.3 is 0 Å². The molecule has 0 bridgehead atoms. The molecule has 2 fully saturated rings. The van der Waals surface area contributed by atoms with E-state index in [0.29, 0.717) is 0 Å². The van der Waals surface area contributed by atoms with Crippen LogP contribution in [0.1, 0.15) is 22.6 Å². The fourth-order valence-corrected chi connectivity index (χ4v) is 5.06. The van der Waals surface area contributed by atoms with Gasteiger partial charge in [-0.25, -0.2) is 4.98 Å². The number of ether oxygens (including phenoxy) is 1. The highest BCUT2D eigenvalue weighted by Gasteiger charge is 2.39. The number of nitrogens with zero attached hydrogens (tertiary/aromatic N) is 4. The Morgan fingerprint density at radius 2 is 2.20 bits per heavy atom. The summed E-state index contributed by atoms with van der Waals surface area (Å²) in [4.78, 5) is 16.6. The van der Waals surface area contributed by atoms with Gasteiger partial charge in [0.25, 0.3) is 0 Å². The van der Waals surface area contributed by atoms with Crippen molar-refractivity contribution in [2.75, 3.05) is 44.3 Å². The molecular formula is C19H26N4OS. The van der Waals surface area contributed by atoms with Crippen LogP contribution in [0.4, 0.5) is 5.82 Å². The molecule has 2 saturated heterocycles. The minimum absolute atomic E-state index is 0.193. The zero-order chi connectivity index (χ0) is 17.1. The van der Waals surface area contributed by atoms with Gasteiger partial charge in [0.1, 0.15) is 5.82 Å². The summed E-state index contributed by atoms with van der Waals surface area (Å²) in [5, 5.41) is 0. The highest BCUT2D eigenvalue weighted by Crippen LogP contribution is 2.35. The van der Waals surface area contributed by atoms with Crippen LogP contribution >= 0.6 is 11.3 Å². The summed E-state index contributed by atoms with van der Waals surface area (Å²) in [6.45, 7) is 9.04. The van der Waals surface area contributed by atoms with E-state index >= 15 is 0 Å². The Hall–Kier alpha value is -1.50. The average Bonchev–Trinajstić information content (AvgIpc) is 2.92. The molecule has 2 aliphatic heterocycles. The van der Waals surface area contributed by atoms with Crippen LogP contribution in [0.3, 0.4) is 0 Å². The lowest BCUT2D eigenvalue weighted by Crippen LogP contribution is -2.50. The molecule has 1 spiro atoms. The van der Waals surface area contributed by atoms with Crippen molar-refractivity contribution < 1.29 is 4.74 Å². The zero-order valence-corrected chi connectivity index (χ0v) is 15.7. The Morgan fingerprint density at radius 1 is 1.24 bits per heavy atom. The van der Waals surface area contributed by atoms with Crippen LogP contribution in [0.5, 0.6) is 0 Å². The second kappa shape index (κ2) is 7.40. The SMILES string of the molecule is Cc1ccc(CN2CCC[C@@]3(COCCN(c4cnccn4)C3)C2)s1. The average molecular weight is 359 g/mol. The summed E-state index contributed by atoms with van der Waals surface area (Å²) in [5.41, 5.74) is 0.193. The molecule has 4 heterocycles. The molecule has 1 atom stereocenters. The van der Waals surface area contributed by atoms with Gasteiger partial charge < -0.3 is 9.64 Å². The van der Waals surface area contributed by atoms with E-state index in [4.69, 9.17) is 4.74 Å². The molecule has 0 aliphatic carbocycles. The Bertz CT molecular complexity index is 692. The first-order chi connectivity index (χ1) is 12.2. The van der Waals surface area contributed by atoms with Gasteiger partial charge in [-0.2, -0.15) is 0 Å². The zero-order valence-electron chi connectivity index (χ0n) is 14.9. The standard InChI is InChI=1S/C19H26N4OS/c1-16-3-4-17(25-16)12-22-8-2-5-19(13-22)14-23(9-10-24-15-19)18-11-20-6-7-21-18/h3-4,6-7,11H,2,5,8-10,12-15H2,1H3/t19-/m1/s1.